The van der Waals surface area contributed by atoms with Crippen molar-refractivity contribution in [1.29, 1.82) is 0 Å². The fourth-order valence-corrected chi connectivity index (χ4v) is 4.84. The molecule has 1 N–H and O–H groups in total. The Morgan fingerprint density at radius 2 is 2.00 bits per heavy atom. The van der Waals surface area contributed by atoms with Crippen molar-refractivity contribution >= 4 is 34.2 Å². The van der Waals surface area contributed by atoms with Gasteiger partial charge in [0.15, 0.2) is 17.3 Å². The van der Waals surface area contributed by atoms with Crippen LogP contribution in [0.5, 0.6) is 11.5 Å². The summed E-state index contributed by atoms with van der Waals surface area (Å²) >= 11 is 7.79. The number of halogens is 1. The van der Waals surface area contributed by atoms with Gasteiger partial charge in [0.1, 0.15) is 6.61 Å². The fraction of sp³-hybridized carbons (Fsp3) is 0.304. The van der Waals surface area contributed by atoms with E-state index in [1.165, 1.54) is 0 Å². The predicted octanol–water partition coefficient (Wildman–Crippen LogP) is 5.88. The highest BCUT2D eigenvalue weighted by molar-refractivity contribution is 8.14. The molecular formula is C23H24ClN3O3S. The van der Waals surface area contributed by atoms with E-state index in [1.54, 1.807) is 18.9 Å². The average Bonchev–Trinajstić information content (AvgIpc) is 3.09. The van der Waals surface area contributed by atoms with Gasteiger partial charge in [0.05, 0.1) is 23.0 Å². The largest absolute Gasteiger partial charge is 0.493 e. The van der Waals surface area contributed by atoms with Gasteiger partial charge in [-0.1, -0.05) is 47.6 Å². The van der Waals surface area contributed by atoms with Crippen LogP contribution in [0.1, 0.15) is 48.8 Å². The molecule has 2 aromatic carbocycles. The van der Waals surface area contributed by atoms with Crippen LogP contribution in [0.4, 0.5) is 5.82 Å². The lowest BCUT2D eigenvalue weighted by Crippen LogP contribution is -2.13. The van der Waals surface area contributed by atoms with E-state index < -0.39 is 0 Å². The van der Waals surface area contributed by atoms with Crippen LogP contribution in [-0.4, -0.2) is 21.9 Å². The molecule has 31 heavy (non-hydrogen) atoms. The van der Waals surface area contributed by atoms with Gasteiger partial charge in [0.2, 0.25) is 0 Å². The van der Waals surface area contributed by atoms with Crippen LogP contribution in [0.2, 0.25) is 5.02 Å². The molecule has 2 heterocycles. The van der Waals surface area contributed by atoms with E-state index in [9.17, 15) is 4.79 Å². The highest BCUT2D eigenvalue weighted by Crippen LogP contribution is 2.45. The summed E-state index contributed by atoms with van der Waals surface area (Å²) in [5.41, 5.74) is 2.40. The number of nitrogens with zero attached hydrogens (tertiary/aromatic N) is 2. The van der Waals surface area contributed by atoms with Crippen molar-refractivity contribution in [2.75, 3.05) is 7.11 Å². The fourth-order valence-electron chi connectivity index (χ4n) is 3.56. The zero-order valence-electron chi connectivity index (χ0n) is 17.8. The van der Waals surface area contributed by atoms with E-state index in [2.05, 4.69) is 10.1 Å². The third-order valence-electron chi connectivity index (χ3n) is 5.10. The minimum Gasteiger partial charge on any atom is -0.493 e. The minimum atomic E-state index is -0.178. The van der Waals surface area contributed by atoms with Gasteiger partial charge in [-0.2, -0.15) is 0 Å². The van der Waals surface area contributed by atoms with Gasteiger partial charge in [-0.3, -0.25) is 14.6 Å². The summed E-state index contributed by atoms with van der Waals surface area (Å²) in [7, 11) is 1.61. The molecule has 8 heteroatoms. The molecule has 0 aliphatic carbocycles. The Kier molecular flexibility index (Phi) is 6.16. The molecule has 0 saturated carbocycles. The molecule has 6 nitrogen and oxygen atoms in total. The Hall–Kier alpha value is -2.64. The molecule has 0 saturated heterocycles. The summed E-state index contributed by atoms with van der Waals surface area (Å²) in [6.07, 6.45) is 0. The summed E-state index contributed by atoms with van der Waals surface area (Å²) in [6.45, 7) is 6.33. The average molecular weight is 458 g/mol. The monoisotopic (exact) mass is 457 g/mol. The molecule has 0 bridgehead atoms. The Balaban J connectivity index is 1.67. The number of fused-ring (bicyclic) bond motifs is 1. The minimum absolute atomic E-state index is 0.104. The molecule has 0 spiro atoms. The Morgan fingerprint density at radius 3 is 2.71 bits per heavy atom. The topological polar surface area (TPSA) is 68.6 Å². The normalized spacial score (nSPS) is 15.5. The second-order valence-electron chi connectivity index (χ2n) is 7.56. The maximum absolute atomic E-state index is 12.8. The number of aromatic nitrogens is 2. The molecule has 1 aliphatic heterocycles. The Morgan fingerprint density at radius 1 is 1.23 bits per heavy atom. The van der Waals surface area contributed by atoms with Gasteiger partial charge in [0.25, 0.3) is 5.56 Å². The Bertz CT molecular complexity index is 1200. The van der Waals surface area contributed by atoms with Crippen LogP contribution in [0.3, 0.4) is 0 Å². The van der Waals surface area contributed by atoms with E-state index in [-0.39, 0.29) is 16.9 Å². The molecule has 0 amide bonds. The molecule has 162 valence electrons. The molecular weight excluding hydrogens is 434 g/mol. The van der Waals surface area contributed by atoms with Gasteiger partial charge in [-0.15, -0.1) is 0 Å². The molecule has 4 rings (SSSR count). The van der Waals surface area contributed by atoms with Gasteiger partial charge < -0.3 is 9.47 Å². The summed E-state index contributed by atoms with van der Waals surface area (Å²) < 4.78 is 13.4. The summed E-state index contributed by atoms with van der Waals surface area (Å²) in [6, 6.07) is 13.4. The highest BCUT2D eigenvalue weighted by Gasteiger charge is 2.31. The van der Waals surface area contributed by atoms with E-state index in [1.807, 2.05) is 67.9 Å². The summed E-state index contributed by atoms with van der Waals surface area (Å²) in [5, 5.41) is 4.32. The van der Waals surface area contributed by atoms with E-state index in [4.69, 9.17) is 21.1 Å². The van der Waals surface area contributed by atoms with Crippen LogP contribution in [0.15, 0.2) is 52.3 Å². The first-order valence-corrected chi connectivity index (χ1v) is 11.2. The second-order valence-corrected chi connectivity index (χ2v) is 9.27. The quantitative estimate of drug-likeness (QED) is 0.501. The number of ether oxygens (including phenoxy) is 2. The number of thioether (sulfide) groups is 1. The maximum Gasteiger partial charge on any atom is 0.271 e. The van der Waals surface area contributed by atoms with Crippen LogP contribution >= 0.6 is 23.4 Å². The first-order chi connectivity index (χ1) is 14.9. The Labute approximate surface area is 190 Å². The number of benzene rings is 2. The van der Waals surface area contributed by atoms with Gasteiger partial charge in [-0.25, -0.2) is 4.99 Å². The van der Waals surface area contributed by atoms with Gasteiger partial charge in [-0.05, 0) is 44.5 Å². The number of rotatable bonds is 6. The van der Waals surface area contributed by atoms with Gasteiger partial charge in [0, 0.05) is 16.6 Å². The zero-order valence-corrected chi connectivity index (χ0v) is 19.4. The third-order valence-corrected chi connectivity index (χ3v) is 6.64. The molecule has 0 fully saturated rings. The molecule has 3 aromatic rings. The lowest BCUT2D eigenvalue weighted by atomic mass is 10.1. The standard InChI is InChI=1S/C23H24ClN3O3S/c1-13(2)27-22-20(23(28)26-27)21(31-14(3)25-22)15-9-10-18(19(11-15)29-4)30-12-16-7-5-6-8-17(16)24/h5-11,13,21H,12H2,1-4H3,(H,26,28). The van der Waals surface area contributed by atoms with Crippen molar-refractivity contribution in [1.82, 2.24) is 9.78 Å². The number of aliphatic imine (C=N–C) groups is 1. The number of hydrogen-bond acceptors (Lipinski definition) is 5. The van der Waals surface area contributed by atoms with E-state index in [0.29, 0.717) is 34.5 Å². The number of methoxy groups -OCH3 is 1. The summed E-state index contributed by atoms with van der Waals surface area (Å²) in [4.78, 5) is 17.4. The van der Waals surface area contributed by atoms with E-state index >= 15 is 0 Å². The van der Waals surface area contributed by atoms with Crippen molar-refractivity contribution in [3.8, 4) is 11.5 Å². The van der Waals surface area contributed by atoms with Crippen LogP contribution in [-0.2, 0) is 6.61 Å². The van der Waals surface area contributed by atoms with Crippen molar-refractivity contribution < 1.29 is 9.47 Å². The van der Waals surface area contributed by atoms with Gasteiger partial charge >= 0.3 is 0 Å². The zero-order chi connectivity index (χ0) is 22.1. The second kappa shape index (κ2) is 8.85. The van der Waals surface area contributed by atoms with Crippen LogP contribution in [0.25, 0.3) is 0 Å². The maximum atomic E-state index is 12.8. The molecule has 1 aromatic heterocycles. The SMILES string of the molecule is COc1cc(C2SC(C)=Nc3c2c(=O)[nH]n3C(C)C)ccc1OCc1ccccc1Cl. The lowest BCUT2D eigenvalue weighted by Gasteiger charge is -2.22. The lowest BCUT2D eigenvalue weighted by molar-refractivity contribution is 0.284. The van der Waals surface area contributed by atoms with Crippen molar-refractivity contribution in [2.24, 2.45) is 4.99 Å². The highest BCUT2D eigenvalue weighted by atomic mass is 35.5. The van der Waals surface area contributed by atoms with Crippen LogP contribution in [0, 0.1) is 0 Å². The number of aromatic amines is 1. The first kappa shape index (κ1) is 21.6. The van der Waals surface area contributed by atoms with Crippen molar-refractivity contribution in [3.05, 3.63) is 74.5 Å². The molecule has 0 radical (unpaired) electrons. The van der Waals surface area contributed by atoms with Crippen molar-refractivity contribution in [3.63, 3.8) is 0 Å². The number of nitrogens with one attached hydrogen (secondary N) is 1. The van der Waals surface area contributed by atoms with Crippen LogP contribution < -0.4 is 15.0 Å². The molecule has 1 aliphatic rings. The number of H-pyrrole nitrogens is 1. The van der Waals surface area contributed by atoms with E-state index in [0.717, 1.165) is 16.2 Å². The first-order valence-electron chi connectivity index (χ1n) is 9.99. The molecule has 1 atom stereocenters. The summed E-state index contributed by atoms with van der Waals surface area (Å²) in [5.74, 6) is 1.91. The smallest absolute Gasteiger partial charge is 0.271 e. The number of hydrogen-bond donors (Lipinski definition) is 1. The van der Waals surface area contributed by atoms with Crippen molar-refractivity contribution in [2.45, 2.75) is 38.7 Å². The predicted molar refractivity (Wildman–Crippen MR) is 126 cm³/mol. The molecule has 1 unspecified atom stereocenters. The third kappa shape index (κ3) is 4.25.